The van der Waals surface area contributed by atoms with Gasteiger partial charge in [-0.05, 0) is 19.9 Å². The molecule has 0 amide bonds. The van der Waals surface area contributed by atoms with E-state index in [9.17, 15) is 9.90 Å². The van der Waals surface area contributed by atoms with Crippen molar-refractivity contribution in [1.29, 1.82) is 0 Å². The molecule has 6 heteroatoms. The second-order valence-electron chi connectivity index (χ2n) is 5.84. The van der Waals surface area contributed by atoms with Gasteiger partial charge in [0.05, 0.1) is 25.2 Å². The van der Waals surface area contributed by atoms with Crippen LogP contribution in [-0.2, 0) is 6.42 Å². The molecule has 22 heavy (non-hydrogen) atoms. The maximum Gasteiger partial charge on any atom is 0.336 e. The van der Waals surface area contributed by atoms with Crippen molar-refractivity contribution in [3.63, 3.8) is 0 Å². The van der Waals surface area contributed by atoms with E-state index in [0.717, 1.165) is 5.56 Å². The van der Waals surface area contributed by atoms with Crippen molar-refractivity contribution in [2.24, 2.45) is 0 Å². The van der Waals surface area contributed by atoms with E-state index in [1.54, 1.807) is 27.0 Å². The van der Waals surface area contributed by atoms with Gasteiger partial charge in [0.1, 0.15) is 11.9 Å². The fourth-order valence-electron chi connectivity index (χ4n) is 2.76. The first-order valence-electron chi connectivity index (χ1n) is 6.96. The second-order valence-corrected chi connectivity index (χ2v) is 5.84. The summed E-state index contributed by atoms with van der Waals surface area (Å²) >= 11 is 0. The quantitative estimate of drug-likeness (QED) is 0.872. The minimum absolute atomic E-state index is 0.280. The van der Waals surface area contributed by atoms with Gasteiger partial charge in [0, 0.05) is 18.1 Å². The maximum absolute atomic E-state index is 11.5. The Labute approximate surface area is 127 Å². The third kappa shape index (κ3) is 2.11. The van der Waals surface area contributed by atoms with Crippen LogP contribution in [0.3, 0.4) is 0 Å². The highest BCUT2D eigenvalue weighted by atomic mass is 16.5. The molecule has 0 radical (unpaired) electrons. The van der Waals surface area contributed by atoms with Crippen LogP contribution < -0.4 is 19.8 Å². The Morgan fingerprint density at radius 1 is 1.23 bits per heavy atom. The van der Waals surface area contributed by atoms with E-state index in [-0.39, 0.29) is 5.58 Å². The molecule has 2 heterocycles. The summed E-state index contributed by atoms with van der Waals surface area (Å²) < 4.78 is 22.0. The van der Waals surface area contributed by atoms with E-state index in [1.807, 2.05) is 0 Å². The van der Waals surface area contributed by atoms with E-state index < -0.39 is 17.3 Å². The van der Waals surface area contributed by atoms with Gasteiger partial charge in [0.2, 0.25) is 5.75 Å². The molecule has 118 valence electrons. The molecule has 1 aromatic heterocycles. The summed E-state index contributed by atoms with van der Waals surface area (Å²) in [6.45, 7) is 3.37. The fraction of sp³-hybridized carbons (Fsp3) is 0.438. The summed E-state index contributed by atoms with van der Waals surface area (Å²) in [7, 11) is 3.03. The van der Waals surface area contributed by atoms with Crippen LogP contribution in [0.1, 0.15) is 19.4 Å². The number of benzene rings is 1. The minimum Gasteiger partial charge on any atom is -0.496 e. The first-order chi connectivity index (χ1) is 10.4. The van der Waals surface area contributed by atoms with Crippen molar-refractivity contribution >= 4 is 11.0 Å². The van der Waals surface area contributed by atoms with Crippen LogP contribution >= 0.6 is 0 Å². The van der Waals surface area contributed by atoms with Crippen LogP contribution in [0.15, 0.2) is 21.3 Å². The van der Waals surface area contributed by atoms with Gasteiger partial charge in [-0.3, -0.25) is 0 Å². The molecule has 1 N–H and O–H groups in total. The summed E-state index contributed by atoms with van der Waals surface area (Å²) in [5.41, 5.74) is -0.429. The molecule has 0 aliphatic carbocycles. The normalized spacial score (nSPS) is 17.2. The summed E-state index contributed by atoms with van der Waals surface area (Å²) in [5, 5.41) is 10.9. The van der Waals surface area contributed by atoms with E-state index in [4.69, 9.17) is 18.6 Å². The van der Waals surface area contributed by atoms with E-state index in [0.29, 0.717) is 29.1 Å². The Morgan fingerprint density at radius 3 is 2.50 bits per heavy atom. The topological polar surface area (TPSA) is 78.1 Å². The highest BCUT2D eigenvalue weighted by Gasteiger charge is 2.40. The lowest BCUT2D eigenvalue weighted by Gasteiger charge is -2.24. The fourth-order valence-corrected chi connectivity index (χ4v) is 2.76. The molecular formula is C16H18O6. The molecule has 0 spiro atoms. The van der Waals surface area contributed by atoms with Crippen molar-refractivity contribution in [2.45, 2.75) is 32.0 Å². The Kier molecular flexibility index (Phi) is 3.29. The van der Waals surface area contributed by atoms with Crippen LogP contribution in [0.4, 0.5) is 0 Å². The maximum atomic E-state index is 11.5. The molecule has 0 saturated carbocycles. The molecule has 1 aromatic carbocycles. The van der Waals surface area contributed by atoms with E-state index in [1.165, 1.54) is 13.2 Å². The van der Waals surface area contributed by atoms with Crippen LogP contribution in [-0.4, -0.2) is 31.0 Å². The molecule has 0 bridgehead atoms. The Bertz CT molecular complexity index is 784. The zero-order chi connectivity index (χ0) is 16.1. The van der Waals surface area contributed by atoms with Crippen molar-refractivity contribution in [3.8, 4) is 17.2 Å². The van der Waals surface area contributed by atoms with Crippen molar-refractivity contribution in [2.75, 3.05) is 14.2 Å². The highest BCUT2D eigenvalue weighted by molar-refractivity contribution is 5.93. The van der Waals surface area contributed by atoms with Crippen LogP contribution in [0.5, 0.6) is 17.2 Å². The lowest BCUT2D eigenvalue weighted by molar-refractivity contribution is -0.0236. The molecule has 1 aliphatic rings. The van der Waals surface area contributed by atoms with Gasteiger partial charge in [-0.15, -0.1) is 0 Å². The predicted octanol–water partition coefficient (Wildman–Crippen LogP) is 1.88. The predicted molar refractivity (Wildman–Crippen MR) is 80.0 cm³/mol. The lowest BCUT2D eigenvalue weighted by Crippen LogP contribution is -2.39. The van der Waals surface area contributed by atoms with Crippen molar-refractivity contribution in [3.05, 3.63) is 28.1 Å². The molecule has 1 aliphatic heterocycles. The second kappa shape index (κ2) is 4.91. The SMILES string of the molecule is COc1c2c(c(OC)c3oc(=O)ccc13)O[C@H](C(C)(C)O)C2. The third-order valence-electron chi connectivity index (χ3n) is 3.88. The number of methoxy groups -OCH3 is 2. The largest absolute Gasteiger partial charge is 0.496 e. The molecule has 0 saturated heterocycles. The molecule has 3 rings (SSSR count). The summed E-state index contributed by atoms with van der Waals surface area (Å²) in [4.78, 5) is 11.5. The van der Waals surface area contributed by atoms with Crippen LogP contribution in [0.2, 0.25) is 0 Å². The molecule has 2 aromatic rings. The Balaban J connectivity index is 2.32. The van der Waals surface area contributed by atoms with Gasteiger partial charge in [0.15, 0.2) is 11.3 Å². The number of fused-ring (bicyclic) bond motifs is 2. The lowest BCUT2D eigenvalue weighted by atomic mass is 9.96. The van der Waals surface area contributed by atoms with Gasteiger partial charge in [0.25, 0.3) is 0 Å². The van der Waals surface area contributed by atoms with Crippen molar-refractivity contribution in [1.82, 2.24) is 0 Å². The van der Waals surface area contributed by atoms with Gasteiger partial charge in [-0.2, -0.15) is 0 Å². The average Bonchev–Trinajstić information content (AvgIpc) is 2.89. The first kappa shape index (κ1) is 14.7. The summed E-state index contributed by atoms with van der Waals surface area (Å²) in [6.07, 6.45) is 0.0433. The number of hydrogen-bond acceptors (Lipinski definition) is 6. The molecule has 0 unspecified atom stereocenters. The first-order valence-corrected chi connectivity index (χ1v) is 6.96. The number of aliphatic hydroxyl groups is 1. The Morgan fingerprint density at radius 2 is 1.91 bits per heavy atom. The van der Waals surface area contributed by atoms with Gasteiger partial charge >= 0.3 is 5.63 Å². The van der Waals surface area contributed by atoms with Gasteiger partial charge in [-0.25, -0.2) is 4.79 Å². The Hall–Kier alpha value is -2.21. The van der Waals surface area contributed by atoms with E-state index >= 15 is 0 Å². The number of rotatable bonds is 3. The molecular weight excluding hydrogens is 288 g/mol. The summed E-state index contributed by atoms with van der Waals surface area (Å²) in [6, 6.07) is 2.97. The third-order valence-corrected chi connectivity index (χ3v) is 3.88. The standard InChI is InChI=1S/C16H18O6/c1-16(2,18)10-7-9-12(19-3)8-5-6-11(17)22-13(8)15(20-4)14(9)21-10/h5-6,10,18H,7H2,1-4H3/t10-/m0/s1. The molecule has 0 fully saturated rings. The zero-order valence-electron chi connectivity index (χ0n) is 12.9. The average molecular weight is 306 g/mol. The number of hydrogen-bond donors (Lipinski definition) is 1. The monoisotopic (exact) mass is 306 g/mol. The highest BCUT2D eigenvalue weighted by Crippen LogP contribution is 2.50. The summed E-state index contributed by atoms with van der Waals surface area (Å²) in [5.74, 6) is 1.37. The van der Waals surface area contributed by atoms with E-state index in [2.05, 4.69) is 0 Å². The molecule has 6 nitrogen and oxygen atoms in total. The smallest absolute Gasteiger partial charge is 0.336 e. The van der Waals surface area contributed by atoms with Crippen molar-refractivity contribution < 1.29 is 23.7 Å². The number of ether oxygens (including phenoxy) is 3. The zero-order valence-corrected chi connectivity index (χ0v) is 12.9. The molecule has 1 atom stereocenters. The minimum atomic E-state index is -1.03. The van der Waals surface area contributed by atoms with Crippen LogP contribution in [0, 0.1) is 0 Å². The van der Waals surface area contributed by atoms with Crippen LogP contribution in [0.25, 0.3) is 11.0 Å². The van der Waals surface area contributed by atoms with Gasteiger partial charge < -0.3 is 23.7 Å². The van der Waals surface area contributed by atoms with Gasteiger partial charge in [-0.1, -0.05) is 0 Å².